The molecule has 2 heterocycles. The Bertz CT molecular complexity index is 1240. The van der Waals surface area contributed by atoms with Crippen LogP contribution < -0.4 is 15.0 Å². The van der Waals surface area contributed by atoms with Gasteiger partial charge in [-0.05, 0) is 79.1 Å². The van der Waals surface area contributed by atoms with Crippen molar-refractivity contribution in [2.75, 3.05) is 23.9 Å². The third kappa shape index (κ3) is 5.55. The van der Waals surface area contributed by atoms with Crippen LogP contribution in [0.5, 0.6) is 5.75 Å². The molecule has 0 radical (unpaired) electrons. The van der Waals surface area contributed by atoms with E-state index in [0.717, 1.165) is 4.88 Å². The number of rotatable bonds is 9. The first kappa shape index (κ1) is 25.3. The summed E-state index contributed by atoms with van der Waals surface area (Å²) in [6, 6.07) is 16.6. The Labute approximate surface area is 218 Å². The minimum absolute atomic E-state index is 0.0756. The first-order valence-electron chi connectivity index (χ1n) is 11.3. The van der Waals surface area contributed by atoms with Crippen molar-refractivity contribution in [3.63, 3.8) is 0 Å². The Morgan fingerprint density at radius 2 is 1.81 bits per heavy atom. The van der Waals surface area contributed by atoms with E-state index < -0.39 is 12.0 Å². The van der Waals surface area contributed by atoms with Gasteiger partial charge in [0.1, 0.15) is 11.8 Å². The molecule has 1 fully saturated rings. The van der Waals surface area contributed by atoms with Crippen molar-refractivity contribution in [2.24, 2.45) is 0 Å². The third-order valence-electron chi connectivity index (χ3n) is 5.61. The molecular formula is C26H25N3O5S2. The zero-order valence-electron chi connectivity index (χ0n) is 19.8. The molecule has 36 heavy (non-hydrogen) atoms. The number of hydrogen-bond donors (Lipinski definition) is 1. The molecule has 1 N–H and O–H groups in total. The van der Waals surface area contributed by atoms with Gasteiger partial charge in [-0.15, -0.1) is 11.3 Å². The van der Waals surface area contributed by atoms with Crippen molar-refractivity contribution in [1.82, 2.24) is 4.90 Å². The molecule has 1 saturated heterocycles. The summed E-state index contributed by atoms with van der Waals surface area (Å²) in [5.74, 6) is -0.370. The lowest BCUT2D eigenvalue weighted by atomic mass is 10.1. The maximum Gasteiger partial charge on any atom is 0.338 e. The van der Waals surface area contributed by atoms with Gasteiger partial charge in [-0.25, -0.2) is 4.79 Å². The SMILES string of the molecule is CCOC(=O)c1ccc(N2C(=O)[C@@H](CC(=O)Nc3ccc(OC)cc3)N(Cc3cccs3)C2=S)cc1. The zero-order chi connectivity index (χ0) is 25.7. The minimum Gasteiger partial charge on any atom is -0.497 e. The first-order valence-corrected chi connectivity index (χ1v) is 12.6. The summed E-state index contributed by atoms with van der Waals surface area (Å²) < 4.78 is 10.2. The Balaban J connectivity index is 1.55. The Morgan fingerprint density at radius 1 is 1.08 bits per heavy atom. The molecule has 1 atom stereocenters. The number of carbonyl (C=O) groups is 3. The number of thiocarbonyl (C=S) groups is 1. The lowest BCUT2D eigenvalue weighted by molar-refractivity contribution is -0.124. The molecule has 0 unspecified atom stereocenters. The van der Waals surface area contributed by atoms with Gasteiger partial charge in [0.2, 0.25) is 5.91 Å². The van der Waals surface area contributed by atoms with E-state index in [0.29, 0.717) is 34.3 Å². The monoisotopic (exact) mass is 523 g/mol. The van der Waals surface area contributed by atoms with Gasteiger partial charge in [-0.3, -0.25) is 14.5 Å². The van der Waals surface area contributed by atoms with E-state index in [9.17, 15) is 14.4 Å². The predicted molar refractivity (Wildman–Crippen MR) is 142 cm³/mol. The van der Waals surface area contributed by atoms with E-state index in [1.165, 1.54) is 4.90 Å². The quantitative estimate of drug-likeness (QED) is 0.327. The maximum absolute atomic E-state index is 13.6. The number of nitrogens with one attached hydrogen (secondary N) is 1. The summed E-state index contributed by atoms with van der Waals surface area (Å²) in [7, 11) is 1.57. The lowest BCUT2D eigenvalue weighted by Gasteiger charge is -2.23. The Morgan fingerprint density at radius 3 is 2.42 bits per heavy atom. The van der Waals surface area contributed by atoms with Gasteiger partial charge in [0.25, 0.3) is 5.91 Å². The molecule has 10 heteroatoms. The molecule has 186 valence electrons. The summed E-state index contributed by atoms with van der Waals surface area (Å²) in [5, 5.41) is 5.09. The number of benzene rings is 2. The molecule has 0 bridgehead atoms. The van der Waals surface area contributed by atoms with Crippen LogP contribution in [0.1, 0.15) is 28.6 Å². The molecule has 3 aromatic rings. The number of esters is 1. The van der Waals surface area contributed by atoms with Crippen LogP contribution in [-0.4, -0.2) is 47.6 Å². The Hall–Kier alpha value is -3.76. The predicted octanol–water partition coefficient (Wildman–Crippen LogP) is 4.46. The van der Waals surface area contributed by atoms with Gasteiger partial charge in [0.05, 0.1) is 37.9 Å². The van der Waals surface area contributed by atoms with Gasteiger partial charge < -0.3 is 19.7 Å². The largest absolute Gasteiger partial charge is 0.497 e. The molecule has 0 saturated carbocycles. The fourth-order valence-electron chi connectivity index (χ4n) is 3.84. The minimum atomic E-state index is -0.775. The molecule has 1 aliphatic rings. The number of carbonyl (C=O) groups excluding carboxylic acids is 3. The molecule has 2 aromatic carbocycles. The number of anilines is 2. The van der Waals surface area contributed by atoms with Crippen molar-refractivity contribution in [1.29, 1.82) is 0 Å². The average molecular weight is 524 g/mol. The van der Waals surface area contributed by atoms with E-state index in [4.69, 9.17) is 21.7 Å². The number of thiophene rings is 1. The summed E-state index contributed by atoms with van der Waals surface area (Å²) in [4.78, 5) is 42.7. The van der Waals surface area contributed by atoms with E-state index in [2.05, 4.69) is 5.32 Å². The summed E-state index contributed by atoms with van der Waals surface area (Å²) >= 11 is 7.26. The smallest absolute Gasteiger partial charge is 0.338 e. The van der Waals surface area contributed by atoms with Crippen LogP contribution in [-0.2, 0) is 20.9 Å². The van der Waals surface area contributed by atoms with Crippen molar-refractivity contribution in [3.05, 3.63) is 76.5 Å². The van der Waals surface area contributed by atoms with E-state index in [1.54, 1.807) is 78.8 Å². The van der Waals surface area contributed by atoms with Crippen LogP contribution in [0.15, 0.2) is 66.0 Å². The number of hydrogen-bond acceptors (Lipinski definition) is 7. The van der Waals surface area contributed by atoms with E-state index in [-0.39, 0.29) is 24.8 Å². The molecule has 0 spiro atoms. The molecule has 0 aliphatic carbocycles. The third-order valence-corrected chi connectivity index (χ3v) is 6.89. The summed E-state index contributed by atoms with van der Waals surface area (Å²) in [6.07, 6.45) is -0.0756. The zero-order valence-corrected chi connectivity index (χ0v) is 21.4. The number of methoxy groups -OCH3 is 1. The van der Waals surface area contributed by atoms with Gasteiger partial charge >= 0.3 is 5.97 Å². The second kappa shape index (κ2) is 11.3. The van der Waals surface area contributed by atoms with Crippen LogP contribution >= 0.6 is 23.6 Å². The standard InChI is InChI=1S/C26H25N3O5S2/c1-3-34-25(32)17-6-10-19(11-7-17)29-24(31)22(28(26(29)35)16-21-5-4-14-36-21)15-23(30)27-18-8-12-20(33-2)13-9-18/h4-14,22H,3,15-16H2,1-2H3,(H,27,30)/t22-/m1/s1. The second-order valence-corrected chi connectivity index (χ2v) is 9.32. The van der Waals surface area contributed by atoms with Gasteiger partial charge in [-0.1, -0.05) is 6.07 Å². The maximum atomic E-state index is 13.6. The fourth-order valence-corrected chi connectivity index (χ4v) is 4.93. The molecule has 1 aromatic heterocycles. The second-order valence-electron chi connectivity index (χ2n) is 7.93. The normalized spacial score (nSPS) is 15.2. The van der Waals surface area contributed by atoms with Gasteiger partial charge in [0.15, 0.2) is 5.11 Å². The highest BCUT2D eigenvalue weighted by Crippen LogP contribution is 2.30. The molecular weight excluding hydrogens is 498 g/mol. The highest BCUT2D eigenvalue weighted by atomic mass is 32.1. The number of ether oxygens (including phenoxy) is 2. The van der Waals surface area contributed by atoms with Crippen molar-refractivity contribution >= 4 is 57.8 Å². The molecule has 2 amide bonds. The van der Waals surface area contributed by atoms with Crippen molar-refractivity contribution in [2.45, 2.75) is 25.9 Å². The number of amides is 2. The van der Waals surface area contributed by atoms with Crippen LogP contribution in [0.25, 0.3) is 0 Å². The topological polar surface area (TPSA) is 88.2 Å². The highest BCUT2D eigenvalue weighted by molar-refractivity contribution is 7.80. The molecule has 8 nitrogen and oxygen atoms in total. The fraction of sp³-hybridized carbons (Fsp3) is 0.231. The molecule has 1 aliphatic heterocycles. The summed E-state index contributed by atoms with van der Waals surface area (Å²) in [6.45, 7) is 2.41. The van der Waals surface area contributed by atoms with Crippen LogP contribution in [0.3, 0.4) is 0 Å². The Kier molecular flexibility index (Phi) is 7.97. The first-order chi connectivity index (χ1) is 17.4. The van der Waals surface area contributed by atoms with E-state index in [1.807, 2.05) is 17.5 Å². The van der Waals surface area contributed by atoms with Crippen LogP contribution in [0.4, 0.5) is 11.4 Å². The van der Waals surface area contributed by atoms with Crippen LogP contribution in [0.2, 0.25) is 0 Å². The highest BCUT2D eigenvalue weighted by Gasteiger charge is 2.44. The number of nitrogens with zero attached hydrogens (tertiary/aromatic N) is 2. The van der Waals surface area contributed by atoms with Gasteiger partial charge in [-0.2, -0.15) is 0 Å². The van der Waals surface area contributed by atoms with E-state index >= 15 is 0 Å². The van der Waals surface area contributed by atoms with Gasteiger partial charge in [0, 0.05) is 10.6 Å². The average Bonchev–Trinajstić information content (AvgIpc) is 3.47. The summed E-state index contributed by atoms with van der Waals surface area (Å²) in [5.41, 5.74) is 1.50. The van der Waals surface area contributed by atoms with Crippen molar-refractivity contribution < 1.29 is 23.9 Å². The van der Waals surface area contributed by atoms with Crippen LogP contribution in [0, 0.1) is 0 Å². The molecule has 4 rings (SSSR count). The van der Waals surface area contributed by atoms with Crippen molar-refractivity contribution in [3.8, 4) is 5.75 Å². The lowest BCUT2D eigenvalue weighted by Crippen LogP contribution is -2.37.